The molecular formula is C20H24N2O4. The molecule has 0 unspecified atom stereocenters. The SMILES string of the molecule is COc1cc(C(=O)Nc2cccc(C(=O)N(C)C)c2)ccc1OC(C)C. The molecule has 2 rings (SSSR count). The number of anilines is 1. The van der Waals surface area contributed by atoms with E-state index >= 15 is 0 Å². The highest BCUT2D eigenvalue weighted by Gasteiger charge is 2.14. The molecule has 6 heteroatoms. The molecule has 0 aliphatic rings. The van der Waals surface area contributed by atoms with Crippen molar-refractivity contribution in [2.75, 3.05) is 26.5 Å². The maximum absolute atomic E-state index is 12.5. The van der Waals surface area contributed by atoms with Gasteiger partial charge in [-0.3, -0.25) is 9.59 Å². The van der Waals surface area contributed by atoms with E-state index in [0.717, 1.165) is 0 Å². The molecule has 26 heavy (non-hydrogen) atoms. The van der Waals surface area contributed by atoms with Crippen molar-refractivity contribution in [3.63, 3.8) is 0 Å². The minimum Gasteiger partial charge on any atom is -0.493 e. The Balaban J connectivity index is 2.20. The van der Waals surface area contributed by atoms with Crippen LogP contribution in [0.5, 0.6) is 11.5 Å². The molecule has 0 radical (unpaired) electrons. The number of ether oxygens (including phenoxy) is 2. The summed E-state index contributed by atoms with van der Waals surface area (Å²) in [6, 6.07) is 11.8. The van der Waals surface area contributed by atoms with Crippen LogP contribution in [0.15, 0.2) is 42.5 Å². The summed E-state index contributed by atoms with van der Waals surface area (Å²) in [5, 5.41) is 2.80. The van der Waals surface area contributed by atoms with Gasteiger partial charge in [0, 0.05) is 30.9 Å². The van der Waals surface area contributed by atoms with Crippen molar-refractivity contribution in [3.8, 4) is 11.5 Å². The van der Waals surface area contributed by atoms with Crippen LogP contribution in [-0.4, -0.2) is 44.0 Å². The van der Waals surface area contributed by atoms with Crippen molar-refractivity contribution >= 4 is 17.5 Å². The van der Waals surface area contributed by atoms with Crippen LogP contribution in [0.3, 0.4) is 0 Å². The van der Waals surface area contributed by atoms with Gasteiger partial charge in [-0.25, -0.2) is 0 Å². The summed E-state index contributed by atoms with van der Waals surface area (Å²) in [6.07, 6.45) is 0.000509. The highest BCUT2D eigenvalue weighted by atomic mass is 16.5. The predicted octanol–water partition coefficient (Wildman–Crippen LogP) is 3.44. The number of hydrogen-bond acceptors (Lipinski definition) is 4. The number of benzene rings is 2. The molecule has 0 aliphatic carbocycles. The quantitative estimate of drug-likeness (QED) is 0.861. The average Bonchev–Trinajstić information content (AvgIpc) is 2.61. The molecule has 0 bridgehead atoms. The van der Waals surface area contributed by atoms with Gasteiger partial charge in [0.05, 0.1) is 13.2 Å². The summed E-state index contributed by atoms with van der Waals surface area (Å²) < 4.78 is 11.0. The molecule has 0 aliphatic heterocycles. The molecular weight excluding hydrogens is 332 g/mol. The first-order valence-electron chi connectivity index (χ1n) is 8.29. The fourth-order valence-electron chi connectivity index (χ4n) is 2.35. The molecule has 2 aromatic carbocycles. The monoisotopic (exact) mass is 356 g/mol. The standard InChI is InChI=1S/C20H24N2O4/c1-13(2)26-17-10-9-14(12-18(17)25-5)19(23)21-16-8-6-7-15(11-16)20(24)22(3)4/h6-13H,1-5H3,(H,21,23). The maximum Gasteiger partial charge on any atom is 0.255 e. The molecule has 1 N–H and O–H groups in total. The highest BCUT2D eigenvalue weighted by Crippen LogP contribution is 2.29. The van der Waals surface area contributed by atoms with E-state index in [-0.39, 0.29) is 17.9 Å². The molecule has 138 valence electrons. The first kappa shape index (κ1) is 19.3. The van der Waals surface area contributed by atoms with Gasteiger partial charge in [-0.1, -0.05) is 6.07 Å². The van der Waals surface area contributed by atoms with Crippen LogP contribution in [0, 0.1) is 0 Å². The average molecular weight is 356 g/mol. The number of carbonyl (C=O) groups is 2. The third-order valence-corrected chi connectivity index (χ3v) is 3.56. The van der Waals surface area contributed by atoms with Crippen molar-refractivity contribution in [1.29, 1.82) is 0 Å². The number of nitrogens with one attached hydrogen (secondary N) is 1. The first-order chi connectivity index (χ1) is 12.3. The number of methoxy groups -OCH3 is 1. The third kappa shape index (κ3) is 4.75. The fourth-order valence-corrected chi connectivity index (χ4v) is 2.35. The summed E-state index contributed by atoms with van der Waals surface area (Å²) in [5.41, 5.74) is 1.48. The predicted molar refractivity (Wildman–Crippen MR) is 101 cm³/mol. The van der Waals surface area contributed by atoms with E-state index in [4.69, 9.17) is 9.47 Å². The van der Waals surface area contributed by atoms with Crippen molar-refractivity contribution in [1.82, 2.24) is 4.90 Å². The number of amides is 2. The van der Waals surface area contributed by atoms with Gasteiger partial charge in [-0.15, -0.1) is 0 Å². The van der Waals surface area contributed by atoms with Gasteiger partial charge in [-0.2, -0.15) is 0 Å². The van der Waals surface area contributed by atoms with Crippen LogP contribution in [-0.2, 0) is 0 Å². The van der Waals surface area contributed by atoms with E-state index in [1.54, 1.807) is 56.6 Å². The van der Waals surface area contributed by atoms with Crippen LogP contribution >= 0.6 is 0 Å². The van der Waals surface area contributed by atoms with E-state index in [1.165, 1.54) is 12.0 Å². The zero-order valence-electron chi connectivity index (χ0n) is 15.7. The molecule has 0 aromatic heterocycles. The van der Waals surface area contributed by atoms with Crippen molar-refractivity contribution < 1.29 is 19.1 Å². The molecule has 2 aromatic rings. The van der Waals surface area contributed by atoms with E-state index in [2.05, 4.69) is 5.32 Å². The lowest BCUT2D eigenvalue weighted by atomic mass is 10.1. The molecule has 0 fully saturated rings. The van der Waals surface area contributed by atoms with Crippen LogP contribution < -0.4 is 14.8 Å². The lowest BCUT2D eigenvalue weighted by Gasteiger charge is -2.15. The minimum atomic E-state index is -0.297. The molecule has 2 amide bonds. The molecule has 0 saturated carbocycles. The largest absolute Gasteiger partial charge is 0.493 e. The number of nitrogens with zero attached hydrogens (tertiary/aromatic N) is 1. The van der Waals surface area contributed by atoms with E-state index in [9.17, 15) is 9.59 Å². The van der Waals surface area contributed by atoms with Crippen LogP contribution in [0.25, 0.3) is 0 Å². The summed E-state index contributed by atoms with van der Waals surface area (Å²) in [4.78, 5) is 26.1. The number of carbonyl (C=O) groups excluding carboxylic acids is 2. The Morgan fingerprint density at radius 2 is 1.73 bits per heavy atom. The Labute approximate surface area is 153 Å². The van der Waals surface area contributed by atoms with Crippen LogP contribution in [0.2, 0.25) is 0 Å². The number of rotatable bonds is 6. The van der Waals surface area contributed by atoms with Gasteiger partial charge in [0.1, 0.15) is 0 Å². The van der Waals surface area contributed by atoms with Crippen LogP contribution in [0.1, 0.15) is 34.6 Å². The summed E-state index contributed by atoms with van der Waals surface area (Å²) in [7, 11) is 4.89. The zero-order valence-corrected chi connectivity index (χ0v) is 15.7. The summed E-state index contributed by atoms with van der Waals surface area (Å²) >= 11 is 0. The second-order valence-electron chi connectivity index (χ2n) is 6.27. The highest BCUT2D eigenvalue weighted by molar-refractivity contribution is 6.05. The molecule has 0 saturated heterocycles. The van der Waals surface area contributed by atoms with Gasteiger partial charge in [0.2, 0.25) is 0 Å². The Morgan fingerprint density at radius 1 is 1.00 bits per heavy atom. The lowest BCUT2D eigenvalue weighted by Crippen LogP contribution is -2.22. The Morgan fingerprint density at radius 3 is 2.35 bits per heavy atom. The Kier molecular flexibility index (Phi) is 6.22. The lowest BCUT2D eigenvalue weighted by molar-refractivity contribution is 0.0827. The summed E-state index contributed by atoms with van der Waals surface area (Å²) in [6.45, 7) is 3.84. The van der Waals surface area contributed by atoms with E-state index < -0.39 is 0 Å². The van der Waals surface area contributed by atoms with Crippen molar-refractivity contribution in [2.45, 2.75) is 20.0 Å². The normalized spacial score (nSPS) is 10.4. The molecule has 0 spiro atoms. The fraction of sp³-hybridized carbons (Fsp3) is 0.300. The van der Waals surface area contributed by atoms with Gasteiger partial charge >= 0.3 is 0 Å². The van der Waals surface area contributed by atoms with Gasteiger partial charge < -0.3 is 19.7 Å². The molecule has 0 heterocycles. The van der Waals surface area contributed by atoms with Crippen molar-refractivity contribution in [2.24, 2.45) is 0 Å². The third-order valence-electron chi connectivity index (χ3n) is 3.56. The first-order valence-corrected chi connectivity index (χ1v) is 8.29. The smallest absolute Gasteiger partial charge is 0.255 e. The van der Waals surface area contributed by atoms with E-state index in [1.807, 2.05) is 13.8 Å². The Hall–Kier alpha value is -3.02. The van der Waals surface area contributed by atoms with Crippen molar-refractivity contribution in [3.05, 3.63) is 53.6 Å². The van der Waals surface area contributed by atoms with E-state index in [0.29, 0.717) is 28.3 Å². The minimum absolute atomic E-state index is 0.000509. The van der Waals surface area contributed by atoms with Gasteiger partial charge in [0.25, 0.3) is 11.8 Å². The maximum atomic E-state index is 12.5. The number of hydrogen-bond donors (Lipinski definition) is 1. The second kappa shape index (κ2) is 8.38. The molecule has 6 nitrogen and oxygen atoms in total. The second-order valence-corrected chi connectivity index (χ2v) is 6.27. The zero-order chi connectivity index (χ0) is 19.3. The summed E-state index contributed by atoms with van der Waals surface area (Å²) in [5.74, 6) is 0.646. The Bertz CT molecular complexity index is 800. The molecule has 0 atom stereocenters. The van der Waals surface area contributed by atoms with Crippen LogP contribution in [0.4, 0.5) is 5.69 Å². The topological polar surface area (TPSA) is 67.9 Å². The van der Waals surface area contributed by atoms with Gasteiger partial charge in [0.15, 0.2) is 11.5 Å². The van der Waals surface area contributed by atoms with Gasteiger partial charge in [-0.05, 0) is 50.2 Å².